The molecule has 1 N–H and O–H groups in total. The first kappa shape index (κ1) is 12.7. The SMILES string of the molecule is COC(=O)c1cccc2c1OCC(C(C)(C)C)N2. The van der Waals surface area contributed by atoms with Crippen LogP contribution in [-0.2, 0) is 4.74 Å². The van der Waals surface area contributed by atoms with Crippen LogP contribution in [0, 0.1) is 5.41 Å². The first-order chi connectivity index (χ1) is 8.43. The van der Waals surface area contributed by atoms with Crippen LogP contribution in [0.5, 0.6) is 5.75 Å². The van der Waals surface area contributed by atoms with Crippen molar-refractivity contribution in [3.8, 4) is 5.75 Å². The molecule has 0 bridgehead atoms. The molecule has 4 nitrogen and oxygen atoms in total. The molecule has 0 aromatic heterocycles. The summed E-state index contributed by atoms with van der Waals surface area (Å²) in [6.07, 6.45) is 0. The van der Waals surface area contributed by atoms with Crippen molar-refractivity contribution in [2.24, 2.45) is 5.41 Å². The summed E-state index contributed by atoms with van der Waals surface area (Å²) < 4.78 is 10.5. The van der Waals surface area contributed by atoms with Crippen LogP contribution in [0.25, 0.3) is 0 Å². The van der Waals surface area contributed by atoms with Gasteiger partial charge in [0.05, 0.1) is 18.8 Å². The van der Waals surface area contributed by atoms with Crippen LogP contribution < -0.4 is 10.1 Å². The van der Waals surface area contributed by atoms with Crippen molar-refractivity contribution in [1.29, 1.82) is 0 Å². The third-order valence-corrected chi connectivity index (χ3v) is 3.19. The van der Waals surface area contributed by atoms with E-state index in [1.807, 2.05) is 12.1 Å². The minimum Gasteiger partial charge on any atom is -0.488 e. The molecule has 1 aliphatic rings. The van der Waals surface area contributed by atoms with Crippen molar-refractivity contribution in [3.63, 3.8) is 0 Å². The molecular weight excluding hydrogens is 230 g/mol. The lowest BCUT2D eigenvalue weighted by molar-refractivity contribution is 0.0594. The maximum atomic E-state index is 11.6. The number of benzene rings is 1. The lowest BCUT2D eigenvalue weighted by Crippen LogP contribution is -2.42. The molecule has 1 heterocycles. The van der Waals surface area contributed by atoms with Crippen molar-refractivity contribution in [3.05, 3.63) is 23.8 Å². The summed E-state index contributed by atoms with van der Waals surface area (Å²) in [5, 5.41) is 3.42. The second kappa shape index (κ2) is 4.52. The molecule has 1 aliphatic heterocycles. The summed E-state index contributed by atoms with van der Waals surface area (Å²) in [5.74, 6) is 0.215. The molecule has 1 atom stereocenters. The molecule has 0 saturated carbocycles. The van der Waals surface area contributed by atoms with Gasteiger partial charge >= 0.3 is 5.97 Å². The number of fused-ring (bicyclic) bond motifs is 1. The van der Waals surface area contributed by atoms with Crippen LogP contribution in [0.3, 0.4) is 0 Å². The van der Waals surface area contributed by atoms with Gasteiger partial charge in [-0.05, 0) is 17.5 Å². The van der Waals surface area contributed by atoms with Crippen LogP contribution in [0.2, 0.25) is 0 Å². The zero-order chi connectivity index (χ0) is 13.3. The second-order valence-electron chi connectivity index (χ2n) is 5.55. The normalized spacial score (nSPS) is 18.3. The molecule has 0 radical (unpaired) electrons. The molecule has 1 aromatic carbocycles. The van der Waals surface area contributed by atoms with E-state index in [4.69, 9.17) is 9.47 Å². The number of para-hydroxylation sites is 1. The number of hydrogen-bond acceptors (Lipinski definition) is 4. The van der Waals surface area contributed by atoms with Gasteiger partial charge < -0.3 is 14.8 Å². The Hall–Kier alpha value is -1.71. The van der Waals surface area contributed by atoms with Gasteiger partial charge in [-0.25, -0.2) is 4.79 Å². The highest BCUT2D eigenvalue weighted by atomic mass is 16.5. The van der Waals surface area contributed by atoms with E-state index in [1.54, 1.807) is 6.07 Å². The average molecular weight is 249 g/mol. The molecule has 98 valence electrons. The maximum Gasteiger partial charge on any atom is 0.341 e. The fraction of sp³-hybridized carbons (Fsp3) is 0.500. The van der Waals surface area contributed by atoms with Gasteiger partial charge in [-0.3, -0.25) is 0 Å². The van der Waals surface area contributed by atoms with E-state index >= 15 is 0 Å². The highest BCUT2D eigenvalue weighted by Crippen LogP contribution is 2.36. The van der Waals surface area contributed by atoms with E-state index < -0.39 is 0 Å². The molecule has 0 aliphatic carbocycles. The lowest BCUT2D eigenvalue weighted by atomic mass is 9.86. The van der Waals surface area contributed by atoms with Crippen LogP contribution in [0.15, 0.2) is 18.2 Å². The van der Waals surface area contributed by atoms with Crippen molar-refractivity contribution >= 4 is 11.7 Å². The Morgan fingerprint density at radius 3 is 2.78 bits per heavy atom. The highest BCUT2D eigenvalue weighted by molar-refractivity contribution is 5.95. The number of carbonyl (C=O) groups is 1. The number of ether oxygens (including phenoxy) is 2. The summed E-state index contributed by atoms with van der Waals surface area (Å²) in [6, 6.07) is 5.67. The monoisotopic (exact) mass is 249 g/mol. The van der Waals surface area contributed by atoms with Crippen LogP contribution >= 0.6 is 0 Å². The molecule has 0 fully saturated rings. The summed E-state index contributed by atoms with van der Waals surface area (Å²) >= 11 is 0. The van der Waals surface area contributed by atoms with Crippen LogP contribution in [-0.4, -0.2) is 25.7 Å². The summed E-state index contributed by atoms with van der Waals surface area (Å²) in [6.45, 7) is 7.01. The Kier molecular flexibility index (Phi) is 3.20. The van der Waals surface area contributed by atoms with Crippen molar-refractivity contribution in [1.82, 2.24) is 0 Å². The zero-order valence-corrected chi connectivity index (χ0v) is 11.2. The van der Waals surface area contributed by atoms with E-state index in [2.05, 4.69) is 26.1 Å². The van der Waals surface area contributed by atoms with Gasteiger partial charge in [-0.1, -0.05) is 26.8 Å². The molecule has 0 spiro atoms. The zero-order valence-electron chi connectivity index (χ0n) is 11.2. The Labute approximate surface area is 107 Å². The molecular formula is C14H19NO3. The van der Waals surface area contributed by atoms with Gasteiger partial charge in [0, 0.05) is 0 Å². The topological polar surface area (TPSA) is 47.6 Å². The smallest absolute Gasteiger partial charge is 0.341 e. The third kappa shape index (κ3) is 2.28. The standard InChI is InChI=1S/C14H19NO3/c1-14(2,3)11-8-18-12-9(13(16)17-4)6-5-7-10(12)15-11/h5-7,11,15H,8H2,1-4H3. The van der Waals surface area contributed by atoms with Gasteiger partial charge in [0.25, 0.3) is 0 Å². The maximum absolute atomic E-state index is 11.6. The van der Waals surface area contributed by atoms with Crippen molar-refractivity contribution < 1.29 is 14.3 Å². The fourth-order valence-corrected chi connectivity index (χ4v) is 1.94. The Balaban J connectivity index is 2.33. The van der Waals surface area contributed by atoms with Crippen LogP contribution in [0.1, 0.15) is 31.1 Å². The van der Waals surface area contributed by atoms with Gasteiger partial charge in [-0.15, -0.1) is 0 Å². The van der Waals surface area contributed by atoms with Gasteiger partial charge in [0.2, 0.25) is 0 Å². The number of anilines is 1. The minimum absolute atomic E-state index is 0.0962. The predicted molar refractivity (Wildman–Crippen MR) is 70.1 cm³/mol. The van der Waals surface area contributed by atoms with E-state index in [-0.39, 0.29) is 17.4 Å². The fourth-order valence-electron chi connectivity index (χ4n) is 1.94. The van der Waals surface area contributed by atoms with E-state index in [0.29, 0.717) is 17.9 Å². The minimum atomic E-state index is -0.372. The van der Waals surface area contributed by atoms with Gasteiger partial charge in [0.15, 0.2) is 5.75 Å². The Morgan fingerprint density at radius 2 is 2.17 bits per heavy atom. The Morgan fingerprint density at radius 1 is 1.44 bits per heavy atom. The molecule has 0 saturated heterocycles. The number of rotatable bonds is 1. The summed E-state index contributed by atoms with van der Waals surface area (Å²) in [7, 11) is 1.37. The van der Waals surface area contributed by atoms with Gasteiger partial charge in [-0.2, -0.15) is 0 Å². The quantitative estimate of drug-likeness (QED) is 0.777. The van der Waals surface area contributed by atoms with E-state index in [9.17, 15) is 4.79 Å². The van der Waals surface area contributed by atoms with Crippen molar-refractivity contribution in [2.75, 3.05) is 19.0 Å². The molecule has 18 heavy (non-hydrogen) atoms. The second-order valence-corrected chi connectivity index (χ2v) is 5.55. The number of methoxy groups -OCH3 is 1. The first-order valence-corrected chi connectivity index (χ1v) is 6.04. The number of hydrogen-bond donors (Lipinski definition) is 1. The highest BCUT2D eigenvalue weighted by Gasteiger charge is 2.31. The molecule has 1 unspecified atom stereocenters. The number of nitrogens with one attached hydrogen (secondary N) is 1. The van der Waals surface area contributed by atoms with E-state index in [0.717, 1.165) is 5.69 Å². The molecule has 4 heteroatoms. The number of carbonyl (C=O) groups excluding carboxylic acids is 1. The van der Waals surface area contributed by atoms with E-state index in [1.165, 1.54) is 7.11 Å². The van der Waals surface area contributed by atoms with Gasteiger partial charge in [0.1, 0.15) is 12.2 Å². The average Bonchev–Trinajstić information content (AvgIpc) is 2.35. The summed E-state index contributed by atoms with van der Waals surface area (Å²) in [5.41, 5.74) is 1.41. The molecule has 1 aromatic rings. The van der Waals surface area contributed by atoms with Crippen LogP contribution in [0.4, 0.5) is 5.69 Å². The molecule has 0 amide bonds. The van der Waals surface area contributed by atoms with Crippen molar-refractivity contribution in [2.45, 2.75) is 26.8 Å². The molecule has 2 rings (SSSR count). The first-order valence-electron chi connectivity index (χ1n) is 6.04. The predicted octanol–water partition coefficient (Wildman–Crippen LogP) is 2.69. The summed E-state index contributed by atoms with van der Waals surface area (Å²) in [4.78, 5) is 11.6. The largest absolute Gasteiger partial charge is 0.488 e. The number of esters is 1. The lowest BCUT2D eigenvalue weighted by Gasteiger charge is -2.36. The Bertz CT molecular complexity index is 463. The third-order valence-electron chi connectivity index (χ3n) is 3.19.